The van der Waals surface area contributed by atoms with Crippen LogP contribution in [0.2, 0.25) is 0 Å². The van der Waals surface area contributed by atoms with Crippen LogP contribution in [-0.4, -0.2) is 29.5 Å². The van der Waals surface area contributed by atoms with Gasteiger partial charge in [-0.15, -0.1) is 0 Å². The van der Waals surface area contributed by atoms with Gasteiger partial charge in [-0.05, 0) is 50.1 Å². The molecule has 2 aromatic rings. The van der Waals surface area contributed by atoms with Gasteiger partial charge in [0, 0.05) is 11.8 Å². The fourth-order valence-corrected chi connectivity index (χ4v) is 2.39. The maximum absolute atomic E-state index is 13.3. The molecule has 1 atom stereocenters. The highest BCUT2D eigenvalue weighted by molar-refractivity contribution is 5.95. The Morgan fingerprint density at radius 3 is 2.62 bits per heavy atom. The predicted octanol–water partition coefficient (Wildman–Crippen LogP) is 3.69. The Morgan fingerprint density at radius 2 is 1.93 bits per heavy atom. The zero-order chi connectivity index (χ0) is 21.6. The predicted molar refractivity (Wildman–Crippen MR) is 103 cm³/mol. The number of rotatable bonds is 8. The Hall–Kier alpha value is -3.49. The number of esters is 1. The number of anilines is 1. The van der Waals surface area contributed by atoms with Crippen LogP contribution in [0.25, 0.3) is 0 Å². The van der Waals surface area contributed by atoms with Gasteiger partial charge in [-0.1, -0.05) is 12.1 Å². The Bertz CT molecular complexity index is 931. The van der Waals surface area contributed by atoms with Crippen LogP contribution in [0.4, 0.5) is 15.8 Å². The minimum absolute atomic E-state index is 0.0178. The number of aryl methyl sites for hydroxylation is 2. The van der Waals surface area contributed by atoms with E-state index in [0.717, 1.165) is 23.3 Å². The van der Waals surface area contributed by atoms with E-state index in [4.69, 9.17) is 9.47 Å². The molecule has 2 rings (SSSR count). The summed E-state index contributed by atoms with van der Waals surface area (Å²) in [5, 5.41) is 13.1. The lowest BCUT2D eigenvalue weighted by Crippen LogP contribution is -2.30. The first-order chi connectivity index (χ1) is 13.7. The number of amides is 1. The van der Waals surface area contributed by atoms with Crippen molar-refractivity contribution < 1.29 is 28.4 Å². The Balaban J connectivity index is 1.84. The highest BCUT2D eigenvalue weighted by atomic mass is 19.1. The van der Waals surface area contributed by atoms with E-state index in [1.165, 1.54) is 13.0 Å². The van der Waals surface area contributed by atoms with Crippen LogP contribution in [0.15, 0.2) is 36.4 Å². The number of benzene rings is 2. The Kier molecular flexibility index (Phi) is 7.24. The second-order valence-electron chi connectivity index (χ2n) is 6.41. The van der Waals surface area contributed by atoms with Gasteiger partial charge in [-0.2, -0.15) is 4.39 Å². The summed E-state index contributed by atoms with van der Waals surface area (Å²) < 4.78 is 24.0. The summed E-state index contributed by atoms with van der Waals surface area (Å²) in [6.45, 7) is 5.26. The van der Waals surface area contributed by atoms with Gasteiger partial charge in [0.25, 0.3) is 5.91 Å². The summed E-state index contributed by atoms with van der Waals surface area (Å²) in [7, 11) is 0. The molecule has 0 aromatic heterocycles. The summed E-state index contributed by atoms with van der Waals surface area (Å²) in [5.41, 5.74) is 1.21. The fraction of sp³-hybridized carbons (Fsp3) is 0.300. The first kappa shape index (κ1) is 21.8. The average molecular weight is 404 g/mol. The number of hydrogen-bond donors (Lipinski definition) is 1. The number of hydrogen-bond acceptors (Lipinski definition) is 6. The topological polar surface area (TPSA) is 108 Å². The van der Waals surface area contributed by atoms with Gasteiger partial charge in [0.15, 0.2) is 6.10 Å². The van der Waals surface area contributed by atoms with Crippen molar-refractivity contribution >= 4 is 23.3 Å². The number of halogens is 1. The van der Waals surface area contributed by atoms with Crippen LogP contribution in [0.3, 0.4) is 0 Å². The van der Waals surface area contributed by atoms with Crippen molar-refractivity contribution in [2.45, 2.75) is 33.3 Å². The smallest absolute Gasteiger partial charge is 0.310 e. The van der Waals surface area contributed by atoms with Gasteiger partial charge in [0.2, 0.25) is 5.82 Å². The molecular weight excluding hydrogens is 383 g/mol. The van der Waals surface area contributed by atoms with Crippen molar-refractivity contribution in [3.8, 4) is 5.75 Å². The molecule has 154 valence electrons. The number of nitro groups is 1. The van der Waals surface area contributed by atoms with E-state index in [0.29, 0.717) is 5.75 Å². The van der Waals surface area contributed by atoms with Crippen LogP contribution < -0.4 is 10.1 Å². The summed E-state index contributed by atoms with van der Waals surface area (Å²) >= 11 is 0. The lowest BCUT2D eigenvalue weighted by molar-refractivity contribution is -0.387. The number of carbonyl (C=O) groups is 2. The molecule has 0 aliphatic heterocycles. The van der Waals surface area contributed by atoms with Crippen LogP contribution in [-0.2, 0) is 14.3 Å². The second kappa shape index (κ2) is 9.63. The van der Waals surface area contributed by atoms with Crippen molar-refractivity contribution in [3.63, 3.8) is 0 Å². The second-order valence-corrected chi connectivity index (χ2v) is 6.41. The first-order valence-electron chi connectivity index (χ1n) is 8.81. The number of nitrogens with zero attached hydrogens (tertiary/aromatic N) is 1. The maximum atomic E-state index is 13.3. The Labute approximate surface area is 166 Å². The molecule has 1 N–H and O–H groups in total. The zero-order valence-corrected chi connectivity index (χ0v) is 16.2. The van der Waals surface area contributed by atoms with Gasteiger partial charge in [0.1, 0.15) is 5.75 Å². The largest absolute Gasteiger partial charge is 0.493 e. The third kappa shape index (κ3) is 6.27. The summed E-state index contributed by atoms with van der Waals surface area (Å²) in [6.07, 6.45) is -1.21. The van der Waals surface area contributed by atoms with Crippen molar-refractivity contribution in [2.24, 2.45) is 0 Å². The van der Waals surface area contributed by atoms with E-state index in [2.05, 4.69) is 5.32 Å². The lowest BCUT2D eigenvalue weighted by atomic mass is 10.1. The molecule has 0 radical (unpaired) electrons. The molecule has 0 aliphatic rings. The SMILES string of the molecule is Cc1ccc(C)c(OCCC(=O)OC(C)C(=O)Nc2ccc(F)c([N+](=O)[O-])c2)c1. The first-order valence-corrected chi connectivity index (χ1v) is 8.81. The van der Waals surface area contributed by atoms with Crippen LogP contribution in [0.1, 0.15) is 24.5 Å². The fourth-order valence-electron chi connectivity index (χ4n) is 2.39. The quantitative estimate of drug-likeness (QED) is 0.408. The Morgan fingerprint density at radius 1 is 1.21 bits per heavy atom. The molecule has 1 amide bonds. The molecule has 2 aromatic carbocycles. The summed E-state index contributed by atoms with van der Waals surface area (Å²) in [5.74, 6) is -1.68. The van der Waals surface area contributed by atoms with Gasteiger partial charge in [-0.3, -0.25) is 19.7 Å². The van der Waals surface area contributed by atoms with E-state index in [1.807, 2.05) is 32.0 Å². The number of ether oxygens (including phenoxy) is 2. The van der Waals surface area contributed by atoms with Crippen LogP contribution in [0, 0.1) is 29.8 Å². The maximum Gasteiger partial charge on any atom is 0.310 e. The van der Waals surface area contributed by atoms with Gasteiger partial charge in [0.05, 0.1) is 18.0 Å². The van der Waals surface area contributed by atoms with E-state index in [9.17, 15) is 24.1 Å². The monoisotopic (exact) mass is 404 g/mol. The van der Waals surface area contributed by atoms with Crippen molar-refractivity contribution in [2.75, 3.05) is 11.9 Å². The van der Waals surface area contributed by atoms with Crippen molar-refractivity contribution in [1.29, 1.82) is 0 Å². The van der Waals surface area contributed by atoms with Crippen molar-refractivity contribution in [3.05, 3.63) is 63.5 Å². The number of nitrogens with one attached hydrogen (secondary N) is 1. The van der Waals surface area contributed by atoms with E-state index in [-0.39, 0.29) is 18.7 Å². The average Bonchev–Trinajstić information content (AvgIpc) is 2.65. The number of nitro benzene ring substituents is 1. The molecule has 0 spiro atoms. The zero-order valence-electron chi connectivity index (χ0n) is 16.2. The lowest BCUT2D eigenvalue weighted by Gasteiger charge is -2.14. The molecule has 0 heterocycles. The van der Waals surface area contributed by atoms with Crippen LogP contribution in [0.5, 0.6) is 5.75 Å². The van der Waals surface area contributed by atoms with Crippen LogP contribution >= 0.6 is 0 Å². The molecule has 0 aliphatic carbocycles. The third-order valence-electron chi connectivity index (χ3n) is 4.00. The minimum atomic E-state index is -1.15. The van der Waals surface area contributed by atoms with E-state index < -0.39 is 34.4 Å². The third-order valence-corrected chi connectivity index (χ3v) is 4.00. The molecule has 1 unspecified atom stereocenters. The molecule has 0 saturated heterocycles. The van der Waals surface area contributed by atoms with Crippen molar-refractivity contribution in [1.82, 2.24) is 0 Å². The molecule has 0 bridgehead atoms. The molecular formula is C20H21FN2O6. The highest BCUT2D eigenvalue weighted by Gasteiger charge is 2.20. The summed E-state index contributed by atoms with van der Waals surface area (Å²) in [6, 6.07) is 8.65. The molecule has 0 fully saturated rings. The van der Waals surface area contributed by atoms with Gasteiger partial charge in [-0.25, -0.2) is 0 Å². The summed E-state index contributed by atoms with van der Waals surface area (Å²) in [4.78, 5) is 33.9. The standard InChI is InChI=1S/C20H21FN2O6/c1-12-4-5-13(2)18(10-12)28-9-8-19(24)29-14(3)20(25)22-15-6-7-16(21)17(11-15)23(26)27/h4-7,10-11,14H,8-9H2,1-3H3,(H,22,25). The molecule has 9 heteroatoms. The normalized spacial score (nSPS) is 11.4. The van der Waals surface area contributed by atoms with Gasteiger partial charge >= 0.3 is 11.7 Å². The number of carbonyl (C=O) groups excluding carboxylic acids is 2. The minimum Gasteiger partial charge on any atom is -0.493 e. The van der Waals surface area contributed by atoms with E-state index >= 15 is 0 Å². The molecule has 0 saturated carbocycles. The molecule has 29 heavy (non-hydrogen) atoms. The highest BCUT2D eigenvalue weighted by Crippen LogP contribution is 2.22. The molecule has 8 nitrogen and oxygen atoms in total. The van der Waals surface area contributed by atoms with E-state index in [1.54, 1.807) is 0 Å². The van der Waals surface area contributed by atoms with Gasteiger partial charge < -0.3 is 14.8 Å².